The van der Waals surface area contributed by atoms with Gasteiger partial charge in [-0.25, -0.2) is 0 Å². The maximum Gasteiger partial charge on any atom is 0.133 e. The molecular weight excluding hydrogens is 222 g/mol. The summed E-state index contributed by atoms with van der Waals surface area (Å²) in [6, 6.07) is 3.57. The number of nitrogens with zero attached hydrogens (tertiary/aromatic N) is 1. The molecule has 0 bridgehead atoms. The maximum absolute atomic E-state index is 11.3. The van der Waals surface area contributed by atoms with Crippen molar-refractivity contribution >= 4 is 17.4 Å². The van der Waals surface area contributed by atoms with E-state index in [0.717, 1.165) is 5.69 Å². The summed E-state index contributed by atoms with van der Waals surface area (Å²) in [4.78, 5) is 15.5. The second-order valence-electron chi connectivity index (χ2n) is 4.10. The van der Waals surface area contributed by atoms with Crippen LogP contribution in [-0.2, 0) is 10.2 Å². The number of aromatic nitrogens is 1. The van der Waals surface area contributed by atoms with Gasteiger partial charge in [-0.15, -0.1) is 6.42 Å². The van der Waals surface area contributed by atoms with Gasteiger partial charge >= 0.3 is 0 Å². The fraction of sp³-hybridized carbons (Fsp3) is 0.385. The Morgan fingerprint density at radius 2 is 2.12 bits per heavy atom. The Labute approximate surface area is 100 Å². The highest BCUT2D eigenvalue weighted by Crippen LogP contribution is 2.39. The molecule has 1 aromatic heterocycles. The van der Waals surface area contributed by atoms with E-state index in [4.69, 9.17) is 18.0 Å². The first kappa shape index (κ1) is 11.2. The number of pyridine rings is 1. The van der Waals surface area contributed by atoms with Gasteiger partial charge in [-0.3, -0.25) is 9.78 Å². The van der Waals surface area contributed by atoms with E-state index in [9.17, 15) is 4.79 Å². The molecule has 1 aromatic rings. The van der Waals surface area contributed by atoms with Crippen LogP contribution in [-0.4, -0.2) is 10.8 Å². The number of carbonyl (C=O) groups is 1. The van der Waals surface area contributed by atoms with Crippen LogP contribution >= 0.6 is 11.6 Å². The van der Waals surface area contributed by atoms with E-state index in [-0.39, 0.29) is 5.78 Å². The maximum atomic E-state index is 11.3. The van der Waals surface area contributed by atoms with Gasteiger partial charge < -0.3 is 0 Å². The molecular formula is C13H12ClNO. The fourth-order valence-electron chi connectivity index (χ4n) is 2.14. The van der Waals surface area contributed by atoms with E-state index < -0.39 is 5.41 Å². The summed E-state index contributed by atoms with van der Waals surface area (Å²) in [7, 11) is 0. The highest BCUT2D eigenvalue weighted by molar-refractivity contribution is 6.31. The lowest BCUT2D eigenvalue weighted by Gasteiger charge is -2.31. The summed E-state index contributed by atoms with van der Waals surface area (Å²) in [5.74, 6) is 3.07. The molecule has 16 heavy (non-hydrogen) atoms. The van der Waals surface area contributed by atoms with Crippen molar-refractivity contribution in [3.05, 3.63) is 29.0 Å². The van der Waals surface area contributed by atoms with Crippen molar-refractivity contribution in [1.82, 2.24) is 4.98 Å². The third-order valence-corrected chi connectivity index (χ3v) is 3.45. The minimum absolute atomic E-state index is 0.276. The van der Waals surface area contributed by atoms with Crippen molar-refractivity contribution in [2.24, 2.45) is 0 Å². The molecule has 82 valence electrons. The van der Waals surface area contributed by atoms with Crippen molar-refractivity contribution in [2.45, 2.75) is 31.1 Å². The van der Waals surface area contributed by atoms with Crippen LogP contribution < -0.4 is 0 Å². The zero-order chi connectivity index (χ0) is 11.6. The minimum Gasteiger partial charge on any atom is -0.300 e. The predicted octanol–water partition coefficient (Wildman–Crippen LogP) is 2.75. The van der Waals surface area contributed by atoms with Crippen LogP contribution in [0.4, 0.5) is 0 Å². The van der Waals surface area contributed by atoms with Crippen molar-refractivity contribution in [2.75, 3.05) is 0 Å². The van der Waals surface area contributed by atoms with Crippen LogP contribution in [0.15, 0.2) is 18.3 Å². The number of rotatable bonds is 1. The van der Waals surface area contributed by atoms with Crippen LogP contribution in [0.1, 0.15) is 31.4 Å². The predicted molar refractivity (Wildman–Crippen MR) is 63.2 cm³/mol. The van der Waals surface area contributed by atoms with Crippen LogP contribution in [0, 0.1) is 12.3 Å². The first-order valence-electron chi connectivity index (χ1n) is 5.28. The molecule has 1 saturated carbocycles. The number of carbonyl (C=O) groups excluding carboxylic acids is 1. The van der Waals surface area contributed by atoms with Gasteiger partial charge in [-0.05, 0) is 25.0 Å². The van der Waals surface area contributed by atoms with Crippen LogP contribution in [0.25, 0.3) is 0 Å². The number of hydrogen-bond acceptors (Lipinski definition) is 2. The van der Waals surface area contributed by atoms with Crippen molar-refractivity contribution < 1.29 is 4.79 Å². The molecule has 0 N–H and O–H groups in total. The highest BCUT2D eigenvalue weighted by Gasteiger charge is 2.37. The molecule has 1 aliphatic carbocycles. The van der Waals surface area contributed by atoms with Gasteiger partial charge in [-0.1, -0.05) is 17.5 Å². The lowest BCUT2D eigenvalue weighted by Crippen LogP contribution is -2.31. The molecule has 1 aliphatic rings. The number of Topliss-reactive ketones (excluding diaryl/α,β-unsaturated/α-hetero) is 1. The van der Waals surface area contributed by atoms with Crippen LogP contribution in [0.3, 0.4) is 0 Å². The second kappa shape index (κ2) is 4.27. The van der Waals surface area contributed by atoms with Gasteiger partial charge in [0.25, 0.3) is 0 Å². The normalized spacial score (nSPS) is 19.1. The van der Waals surface area contributed by atoms with Gasteiger partial charge in [0.1, 0.15) is 5.78 Å². The van der Waals surface area contributed by atoms with E-state index in [2.05, 4.69) is 10.9 Å². The summed E-state index contributed by atoms with van der Waals surface area (Å²) in [6.45, 7) is 0. The molecule has 0 radical (unpaired) electrons. The Morgan fingerprint density at radius 3 is 2.69 bits per heavy atom. The molecule has 0 aliphatic heterocycles. The van der Waals surface area contributed by atoms with E-state index in [1.807, 2.05) is 0 Å². The third kappa shape index (κ3) is 1.83. The largest absolute Gasteiger partial charge is 0.300 e. The molecule has 0 aromatic carbocycles. The highest BCUT2D eigenvalue weighted by atomic mass is 35.5. The van der Waals surface area contributed by atoms with E-state index in [1.165, 1.54) is 0 Å². The van der Waals surface area contributed by atoms with Crippen LogP contribution in [0.2, 0.25) is 5.02 Å². The van der Waals surface area contributed by atoms with Crippen molar-refractivity contribution in [3.63, 3.8) is 0 Å². The van der Waals surface area contributed by atoms with Gasteiger partial charge in [0, 0.05) is 19.0 Å². The van der Waals surface area contributed by atoms with Gasteiger partial charge in [-0.2, -0.15) is 0 Å². The molecule has 1 fully saturated rings. The summed E-state index contributed by atoms with van der Waals surface area (Å²) in [5.41, 5.74) is 0.290. The Bertz CT molecular complexity index is 451. The topological polar surface area (TPSA) is 30.0 Å². The first-order chi connectivity index (χ1) is 7.68. The summed E-state index contributed by atoms with van der Waals surface area (Å²) in [5, 5.41) is 0.592. The molecule has 3 heteroatoms. The fourth-order valence-corrected chi connectivity index (χ4v) is 2.45. The Morgan fingerprint density at radius 1 is 1.44 bits per heavy atom. The SMILES string of the molecule is C#CC1(c2ncccc2Cl)CCC(=O)CC1. The lowest BCUT2D eigenvalue weighted by molar-refractivity contribution is -0.120. The molecule has 0 unspecified atom stereocenters. The van der Waals surface area contributed by atoms with Gasteiger partial charge in [0.15, 0.2) is 0 Å². The standard InChI is InChI=1S/C13H12ClNO/c1-2-13(7-5-10(16)6-8-13)12-11(14)4-3-9-15-12/h1,3-4,9H,5-8H2. The average Bonchev–Trinajstić information content (AvgIpc) is 2.32. The number of hydrogen-bond donors (Lipinski definition) is 0. The molecule has 0 saturated heterocycles. The Balaban J connectivity index is 2.40. The van der Waals surface area contributed by atoms with E-state index in [0.29, 0.717) is 30.7 Å². The molecule has 0 amide bonds. The molecule has 0 atom stereocenters. The Hall–Kier alpha value is -1.33. The first-order valence-corrected chi connectivity index (χ1v) is 5.66. The van der Waals surface area contributed by atoms with Crippen LogP contribution in [0.5, 0.6) is 0 Å². The zero-order valence-corrected chi connectivity index (χ0v) is 9.63. The van der Waals surface area contributed by atoms with Crippen molar-refractivity contribution in [1.29, 1.82) is 0 Å². The second-order valence-corrected chi connectivity index (χ2v) is 4.51. The minimum atomic E-state index is -0.452. The molecule has 2 nitrogen and oxygen atoms in total. The summed E-state index contributed by atoms with van der Waals surface area (Å²) in [6.07, 6.45) is 9.67. The quantitative estimate of drug-likeness (QED) is 0.699. The number of halogens is 1. The van der Waals surface area contributed by atoms with Crippen molar-refractivity contribution in [3.8, 4) is 12.3 Å². The Kier molecular flexibility index (Phi) is 2.98. The molecule has 2 rings (SSSR count). The van der Waals surface area contributed by atoms with E-state index >= 15 is 0 Å². The molecule has 0 spiro atoms. The monoisotopic (exact) mass is 233 g/mol. The molecule has 1 heterocycles. The van der Waals surface area contributed by atoms with E-state index in [1.54, 1.807) is 18.3 Å². The third-order valence-electron chi connectivity index (χ3n) is 3.15. The zero-order valence-electron chi connectivity index (χ0n) is 8.87. The van der Waals surface area contributed by atoms with Gasteiger partial charge in [0.2, 0.25) is 0 Å². The average molecular weight is 234 g/mol. The smallest absolute Gasteiger partial charge is 0.133 e. The number of ketones is 1. The van der Waals surface area contributed by atoms with Gasteiger partial charge in [0.05, 0.1) is 16.1 Å². The summed E-state index contributed by atoms with van der Waals surface area (Å²) >= 11 is 6.12. The summed E-state index contributed by atoms with van der Waals surface area (Å²) < 4.78 is 0. The number of terminal acetylenes is 1. The lowest BCUT2D eigenvalue weighted by atomic mass is 9.72.